The Labute approximate surface area is 350 Å². The van der Waals surface area contributed by atoms with Crippen molar-refractivity contribution in [3.8, 4) is 22.3 Å². The summed E-state index contributed by atoms with van der Waals surface area (Å²) in [5, 5.41) is 15.1. The molecule has 3 heterocycles. The molecule has 7 aromatic carbocycles. The Hall–Kier alpha value is -7.89. The molecule has 5 heteroatoms. The van der Waals surface area contributed by atoms with Gasteiger partial charge < -0.3 is 0 Å². The first kappa shape index (κ1) is 39.0. The second-order valence-corrected chi connectivity index (χ2v) is 14.2. The van der Waals surface area contributed by atoms with Gasteiger partial charge in [0.05, 0.1) is 27.8 Å². The van der Waals surface area contributed by atoms with E-state index in [-0.39, 0.29) is 5.96 Å². The monoisotopic (exact) mass is 775 g/mol. The van der Waals surface area contributed by atoms with Crippen LogP contribution in [0, 0.1) is 5.41 Å². The fourth-order valence-electron chi connectivity index (χ4n) is 7.78. The number of aliphatic imine (C=N–C) groups is 1. The van der Waals surface area contributed by atoms with Crippen molar-refractivity contribution in [2.24, 2.45) is 4.99 Å². The summed E-state index contributed by atoms with van der Waals surface area (Å²) >= 11 is 0. The Balaban J connectivity index is 0.000000576. The zero-order valence-electron chi connectivity index (χ0n) is 33.9. The van der Waals surface area contributed by atoms with Crippen LogP contribution in [0.3, 0.4) is 0 Å². The third-order valence-electron chi connectivity index (χ3n) is 10.7. The minimum atomic E-state index is 0.0954. The van der Waals surface area contributed by atoms with E-state index < -0.39 is 0 Å². The normalized spacial score (nSPS) is 11.5. The van der Waals surface area contributed by atoms with E-state index in [1.54, 1.807) is 18.2 Å². The van der Waals surface area contributed by atoms with Crippen molar-refractivity contribution >= 4 is 71.8 Å². The van der Waals surface area contributed by atoms with Gasteiger partial charge in [-0.3, -0.25) is 14.4 Å². The van der Waals surface area contributed by atoms with Crippen LogP contribution in [0.15, 0.2) is 219 Å². The van der Waals surface area contributed by atoms with Crippen LogP contribution in [-0.4, -0.2) is 25.6 Å². The van der Waals surface area contributed by atoms with Gasteiger partial charge >= 0.3 is 0 Å². The molecule has 0 bridgehead atoms. The SMILES string of the molecule is C/C=C\C.C=C/C(=N\C(=N)n1c2ccccc2c2ccc3c(nc4c5ccccc5c5ccccc5n34)c21)c1cccc(-c2ccc(-c3ccccc3)cc2)c1.C=CC=C. The molecular formula is C55H45N5. The highest BCUT2D eigenvalue weighted by Crippen LogP contribution is 2.38. The number of pyridine rings is 1. The van der Waals surface area contributed by atoms with Gasteiger partial charge in [-0.15, -0.1) is 0 Å². The average molecular weight is 776 g/mol. The summed E-state index contributed by atoms with van der Waals surface area (Å²) in [6.45, 7) is 14.9. The number of rotatable bonds is 5. The van der Waals surface area contributed by atoms with Gasteiger partial charge in [0.25, 0.3) is 0 Å². The minimum absolute atomic E-state index is 0.0954. The number of nitrogens with zero attached hydrogens (tertiary/aromatic N) is 4. The highest BCUT2D eigenvalue weighted by molar-refractivity contribution is 6.24. The number of allylic oxidation sites excluding steroid dienone is 5. The van der Waals surface area contributed by atoms with Crippen LogP contribution >= 0.6 is 0 Å². The summed E-state index contributed by atoms with van der Waals surface area (Å²) in [4.78, 5) is 10.3. The zero-order valence-corrected chi connectivity index (χ0v) is 33.9. The second kappa shape index (κ2) is 17.3. The Morgan fingerprint density at radius 2 is 1.08 bits per heavy atom. The quantitative estimate of drug-likeness (QED) is 0.0611. The summed E-state index contributed by atoms with van der Waals surface area (Å²) < 4.78 is 4.20. The highest BCUT2D eigenvalue weighted by atomic mass is 15.2. The third-order valence-corrected chi connectivity index (χ3v) is 10.7. The lowest BCUT2D eigenvalue weighted by molar-refractivity contribution is 1.19. The van der Waals surface area contributed by atoms with Gasteiger partial charge in [-0.2, -0.15) is 0 Å². The fraction of sp³-hybridized carbons (Fsp3) is 0.0364. The molecule has 0 unspecified atom stereocenters. The molecule has 0 amide bonds. The third kappa shape index (κ3) is 7.14. The number of para-hydroxylation sites is 2. The van der Waals surface area contributed by atoms with Gasteiger partial charge in [-0.25, -0.2) is 9.98 Å². The summed E-state index contributed by atoms with van der Waals surface area (Å²) in [5.41, 5.74) is 11.6. The first-order valence-corrected chi connectivity index (χ1v) is 20.0. The molecule has 10 aromatic rings. The topological polar surface area (TPSA) is 58.4 Å². The maximum Gasteiger partial charge on any atom is 0.227 e. The molecule has 290 valence electrons. The highest BCUT2D eigenvalue weighted by Gasteiger charge is 2.21. The predicted molar refractivity (Wildman–Crippen MR) is 259 cm³/mol. The van der Waals surface area contributed by atoms with Crippen molar-refractivity contribution in [2.45, 2.75) is 13.8 Å². The van der Waals surface area contributed by atoms with Gasteiger partial charge in [-0.1, -0.05) is 178 Å². The lowest BCUT2D eigenvalue weighted by atomic mass is 9.98. The van der Waals surface area contributed by atoms with Crippen LogP contribution in [0.5, 0.6) is 0 Å². The average Bonchev–Trinajstić information content (AvgIpc) is 3.88. The largest absolute Gasteiger partial charge is 0.292 e. The van der Waals surface area contributed by atoms with E-state index in [1.807, 2.05) is 60.9 Å². The Morgan fingerprint density at radius 3 is 1.73 bits per heavy atom. The van der Waals surface area contributed by atoms with Gasteiger partial charge in [0.1, 0.15) is 11.2 Å². The maximum absolute atomic E-state index is 9.58. The molecule has 10 rings (SSSR count). The van der Waals surface area contributed by atoms with Crippen LogP contribution in [0.25, 0.3) is 82.4 Å². The van der Waals surface area contributed by atoms with E-state index in [0.29, 0.717) is 5.71 Å². The van der Waals surface area contributed by atoms with E-state index >= 15 is 0 Å². The van der Waals surface area contributed by atoms with E-state index in [4.69, 9.17) is 9.98 Å². The number of benzene rings is 7. The molecule has 60 heavy (non-hydrogen) atoms. The molecule has 0 saturated heterocycles. The number of hydrogen-bond acceptors (Lipinski definition) is 2. The number of aromatic nitrogens is 3. The molecule has 0 saturated carbocycles. The number of fused-ring (bicyclic) bond motifs is 12. The zero-order chi connectivity index (χ0) is 41.6. The van der Waals surface area contributed by atoms with Gasteiger partial charge in [0.15, 0.2) is 0 Å². The standard InChI is InChI=1S/C47H31N5.C4H8.C4H6/c1-2-40(34-16-12-15-33(29-34)32-25-23-31(24-26-32)30-13-4-3-5-14-30)49-47(48)52-42-22-11-9-19-37(42)38-27-28-43-44(45(38)52)50-46-39-20-7-6-17-35(39)36-18-8-10-21-41(36)51(43)46;2*1-3-4-2/h2-29,48H,1H2;3-4H,1-2H3;3-4H,1-2H2/b48-47?,49-40+;4-3-;. The van der Waals surface area contributed by atoms with Crippen molar-refractivity contribution in [1.29, 1.82) is 5.41 Å². The lowest BCUT2D eigenvalue weighted by Gasteiger charge is -2.10. The van der Waals surface area contributed by atoms with Crippen LogP contribution in [0.2, 0.25) is 0 Å². The van der Waals surface area contributed by atoms with Crippen LogP contribution in [0.1, 0.15) is 19.4 Å². The first-order valence-electron chi connectivity index (χ1n) is 20.0. The molecule has 0 fully saturated rings. The van der Waals surface area contributed by atoms with Crippen LogP contribution in [0.4, 0.5) is 0 Å². The number of imidazole rings is 1. The molecule has 1 N–H and O–H groups in total. The predicted octanol–water partition coefficient (Wildman–Crippen LogP) is 14.6. The molecule has 0 aliphatic carbocycles. The van der Waals surface area contributed by atoms with Crippen LogP contribution in [-0.2, 0) is 0 Å². The minimum Gasteiger partial charge on any atom is -0.292 e. The molecule has 0 radical (unpaired) electrons. The Kier molecular flexibility index (Phi) is 11.2. The summed E-state index contributed by atoms with van der Waals surface area (Å²) in [6, 6.07) is 56.8. The van der Waals surface area contributed by atoms with E-state index in [0.717, 1.165) is 66.1 Å². The van der Waals surface area contributed by atoms with Gasteiger partial charge in [-0.05, 0) is 77.9 Å². The smallest absolute Gasteiger partial charge is 0.227 e. The maximum atomic E-state index is 9.58. The molecule has 0 atom stereocenters. The van der Waals surface area contributed by atoms with E-state index in [9.17, 15) is 5.41 Å². The van der Waals surface area contributed by atoms with Crippen molar-refractivity contribution in [3.63, 3.8) is 0 Å². The van der Waals surface area contributed by atoms with E-state index in [1.165, 1.54) is 21.9 Å². The summed E-state index contributed by atoms with van der Waals surface area (Å²) in [5.74, 6) is 0.0954. The van der Waals surface area contributed by atoms with Crippen molar-refractivity contribution < 1.29 is 0 Å². The number of nitrogens with one attached hydrogen (secondary N) is 1. The van der Waals surface area contributed by atoms with Gasteiger partial charge in [0.2, 0.25) is 5.96 Å². The molecule has 0 aliphatic heterocycles. The first-order chi connectivity index (χ1) is 29.5. The molecule has 5 nitrogen and oxygen atoms in total. The van der Waals surface area contributed by atoms with Crippen molar-refractivity contribution in [1.82, 2.24) is 14.0 Å². The van der Waals surface area contributed by atoms with Crippen LogP contribution < -0.4 is 0 Å². The Bertz CT molecular complexity index is 3280. The molecule has 0 aliphatic rings. The van der Waals surface area contributed by atoms with Crippen molar-refractivity contribution in [2.75, 3.05) is 0 Å². The van der Waals surface area contributed by atoms with Crippen molar-refractivity contribution in [3.05, 3.63) is 219 Å². The lowest BCUT2D eigenvalue weighted by Crippen LogP contribution is -2.11. The Morgan fingerprint density at radius 1 is 0.533 bits per heavy atom. The second-order valence-electron chi connectivity index (χ2n) is 14.2. The molecular weight excluding hydrogens is 731 g/mol. The van der Waals surface area contributed by atoms with E-state index in [2.05, 4.69) is 158 Å². The van der Waals surface area contributed by atoms with Gasteiger partial charge in [0, 0.05) is 27.1 Å². The number of hydrogen-bond donors (Lipinski definition) is 1. The molecule has 3 aromatic heterocycles. The molecule has 0 spiro atoms. The summed E-state index contributed by atoms with van der Waals surface area (Å²) in [6.07, 6.45) is 9.01. The summed E-state index contributed by atoms with van der Waals surface area (Å²) in [7, 11) is 0. The fourth-order valence-corrected chi connectivity index (χ4v) is 7.78.